The highest BCUT2D eigenvalue weighted by molar-refractivity contribution is 4.92. The van der Waals surface area contributed by atoms with E-state index in [0.29, 0.717) is 6.54 Å². The van der Waals surface area contributed by atoms with Crippen LogP contribution in [0.25, 0.3) is 0 Å². The normalized spacial score (nSPS) is 32.7. The fourth-order valence-electron chi connectivity index (χ4n) is 3.04. The van der Waals surface area contributed by atoms with E-state index in [0.717, 1.165) is 6.42 Å². The minimum atomic E-state index is -1.53. The smallest absolute Gasteiger partial charge is 0.111 e. The van der Waals surface area contributed by atoms with Crippen LogP contribution in [-0.2, 0) is 9.47 Å². The first-order chi connectivity index (χ1) is 13.3. The second kappa shape index (κ2) is 13.0. The van der Waals surface area contributed by atoms with E-state index in [-0.39, 0.29) is 19.8 Å². The van der Waals surface area contributed by atoms with Crippen molar-refractivity contribution in [1.29, 1.82) is 0 Å². The molecule has 0 spiro atoms. The lowest BCUT2D eigenvalue weighted by Gasteiger charge is -2.40. The molecule has 9 atom stereocenters. The Bertz CT molecular complexity index is 415. The Morgan fingerprint density at radius 3 is 2.18 bits per heavy atom. The molecule has 0 saturated carbocycles. The third kappa shape index (κ3) is 7.11. The number of rotatable bonds is 13. The molecule has 28 heavy (non-hydrogen) atoms. The predicted molar refractivity (Wildman–Crippen MR) is 96.3 cm³/mol. The molecule has 0 radical (unpaired) electrons. The van der Waals surface area contributed by atoms with Crippen molar-refractivity contribution in [2.24, 2.45) is 5.92 Å². The summed E-state index contributed by atoms with van der Waals surface area (Å²) in [5.74, 6) is -1.02. The van der Waals surface area contributed by atoms with E-state index < -0.39 is 68.0 Å². The standard InChI is InChI=1S/C17H35NO10/c1-2-3-18-4-10(21)14(23)9(11(22)5-19)7-27-8-13-16(25)17(26)15(24)12(6-20)28-13/h9-26H,2-8H2,1H3/t9-,10+,11-,12-,13-,14+,15-,16+,17+/m1/s1. The largest absolute Gasteiger partial charge is 0.394 e. The summed E-state index contributed by atoms with van der Waals surface area (Å²) in [4.78, 5) is 0. The Labute approximate surface area is 164 Å². The summed E-state index contributed by atoms with van der Waals surface area (Å²) in [5.41, 5.74) is 0. The van der Waals surface area contributed by atoms with Gasteiger partial charge in [0.15, 0.2) is 0 Å². The highest BCUT2D eigenvalue weighted by Crippen LogP contribution is 2.22. The van der Waals surface area contributed by atoms with Crippen molar-refractivity contribution in [2.75, 3.05) is 39.5 Å². The van der Waals surface area contributed by atoms with Crippen LogP contribution in [0.4, 0.5) is 0 Å². The molecule has 11 heteroatoms. The van der Waals surface area contributed by atoms with Gasteiger partial charge < -0.3 is 55.6 Å². The van der Waals surface area contributed by atoms with Crippen LogP contribution >= 0.6 is 0 Å². The van der Waals surface area contributed by atoms with Crippen LogP contribution in [0.5, 0.6) is 0 Å². The molecule has 1 aliphatic heterocycles. The molecule has 11 nitrogen and oxygen atoms in total. The fraction of sp³-hybridized carbons (Fsp3) is 1.00. The Hall–Kier alpha value is -0.440. The first-order valence-electron chi connectivity index (χ1n) is 9.52. The third-order valence-corrected chi connectivity index (χ3v) is 4.88. The van der Waals surface area contributed by atoms with Gasteiger partial charge in [0.05, 0.1) is 44.7 Å². The van der Waals surface area contributed by atoms with E-state index in [9.17, 15) is 40.9 Å². The second-order valence-electron chi connectivity index (χ2n) is 7.08. The van der Waals surface area contributed by atoms with Gasteiger partial charge in [-0.05, 0) is 13.0 Å². The Morgan fingerprint density at radius 2 is 1.61 bits per heavy atom. The number of aliphatic hydroxyl groups is 8. The first-order valence-corrected chi connectivity index (χ1v) is 9.52. The van der Waals surface area contributed by atoms with Gasteiger partial charge in [-0.2, -0.15) is 0 Å². The van der Waals surface area contributed by atoms with Gasteiger partial charge >= 0.3 is 0 Å². The van der Waals surface area contributed by atoms with Crippen LogP contribution in [0.15, 0.2) is 0 Å². The molecule has 1 aliphatic rings. The summed E-state index contributed by atoms with van der Waals surface area (Å²) in [7, 11) is 0. The third-order valence-electron chi connectivity index (χ3n) is 4.88. The zero-order chi connectivity index (χ0) is 21.3. The van der Waals surface area contributed by atoms with Gasteiger partial charge in [-0.1, -0.05) is 6.92 Å². The second-order valence-corrected chi connectivity index (χ2v) is 7.08. The summed E-state index contributed by atoms with van der Waals surface area (Å²) in [6.45, 7) is 0.918. The van der Waals surface area contributed by atoms with Crippen LogP contribution in [0.3, 0.4) is 0 Å². The molecule has 168 valence electrons. The molecule has 0 unspecified atom stereocenters. The van der Waals surface area contributed by atoms with Crippen LogP contribution < -0.4 is 5.32 Å². The highest BCUT2D eigenvalue weighted by Gasteiger charge is 2.43. The van der Waals surface area contributed by atoms with E-state index in [1.165, 1.54) is 0 Å². The van der Waals surface area contributed by atoms with E-state index in [4.69, 9.17) is 9.47 Å². The molecule has 9 N–H and O–H groups in total. The van der Waals surface area contributed by atoms with Crippen molar-refractivity contribution in [3.05, 3.63) is 0 Å². The number of nitrogens with one attached hydrogen (secondary N) is 1. The lowest BCUT2D eigenvalue weighted by atomic mass is 9.92. The summed E-state index contributed by atoms with van der Waals surface area (Å²) >= 11 is 0. The topological polar surface area (TPSA) is 192 Å². The molecule has 0 aromatic carbocycles. The van der Waals surface area contributed by atoms with Crippen LogP contribution in [0.1, 0.15) is 13.3 Å². The average Bonchev–Trinajstić information content (AvgIpc) is 2.70. The van der Waals surface area contributed by atoms with Gasteiger partial charge in [0, 0.05) is 12.5 Å². The number of aliphatic hydroxyl groups excluding tert-OH is 8. The summed E-state index contributed by atoms with van der Waals surface area (Å²) < 4.78 is 10.7. The highest BCUT2D eigenvalue weighted by atomic mass is 16.6. The summed E-state index contributed by atoms with van der Waals surface area (Å²) in [6, 6.07) is 0. The van der Waals surface area contributed by atoms with Crippen molar-refractivity contribution in [3.8, 4) is 0 Å². The Morgan fingerprint density at radius 1 is 0.964 bits per heavy atom. The molecule has 0 aromatic heterocycles. The molecule has 1 saturated heterocycles. The molecule has 0 bridgehead atoms. The predicted octanol–water partition coefficient (Wildman–Crippen LogP) is -4.46. The fourth-order valence-corrected chi connectivity index (χ4v) is 3.04. The monoisotopic (exact) mass is 413 g/mol. The minimum absolute atomic E-state index is 0.0936. The number of hydrogen-bond acceptors (Lipinski definition) is 11. The first kappa shape index (κ1) is 25.6. The van der Waals surface area contributed by atoms with E-state index in [1.807, 2.05) is 6.92 Å². The maximum Gasteiger partial charge on any atom is 0.111 e. The SMILES string of the molecule is CCCNC[C@H](O)[C@@H](O)[C@H](COC[C@H]1O[C@H](CO)[C@@H](O)[C@H](O)[C@H]1O)[C@H](O)CO. The summed E-state index contributed by atoms with van der Waals surface area (Å²) in [6.07, 6.45) is -9.71. The Balaban J connectivity index is 2.60. The lowest BCUT2D eigenvalue weighted by Crippen LogP contribution is -2.59. The van der Waals surface area contributed by atoms with Gasteiger partial charge in [-0.25, -0.2) is 0 Å². The van der Waals surface area contributed by atoms with Crippen molar-refractivity contribution < 1.29 is 50.3 Å². The molecule has 0 aliphatic carbocycles. The minimum Gasteiger partial charge on any atom is -0.394 e. The molecular formula is C17H35NO10. The van der Waals surface area contributed by atoms with Gasteiger partial charge in [-0.3, -0.25) is 0 Å². The maximum atomic E-state index is 10.3. The van der Waals surface area contributed by atoms with Crippen molar-refractivity contribution >= 4 is 0 Å². The number of hydrogen-bond donors (Lipinski definition) is 9. The molecule has 1 heterocycles. The van der Waals surface area contributed by atoms with E-state index >= 15 is 0 Å². The van der Waals surface area contributed by atoms with Crippen molar-refractivity contribution in [3.63, 3.8) is 0 Å². The zero-order valence-electron chi connectivity index (χ0n) is 16.0. The van der Waals surface area contributed by atoms with Gasteiger partial charge in [0.2, 0.25) is 0 Å². The molecule has 0 amide bonds. The number of ether oxygens (including phenoxy) is 2. The van der Waals surface area contributed by atoms with Crippen molar-refractivity contribution in [1.82, 2.24) is 5.32 Å². The maximum absolute atomic E-state index is 10.3. The van der Waals surface area contributed by atoms with Gasteiger partial charge in [-0.15, -0.1) is 0 Å². The molecule has 0 aromatic rings. The molecule has 1 rings (SSSR count). The van der Waals surface area contributed by atoms with Crippen LogP contribution in [0.2, 0.25) is 0 Å². The van der Waals surface area contributed by atoms with Gasteiger partial charge in [0.1, 0.15) is 30.5 Å². The Kier molecular flexibility index (Phi) is 11.9. The summed E-state index contributed by atoms with van der Waals surface area (Å²) in [5, 5.41) is 81.1. The average molecular weight is 413 g/mol. The van der Waals surface area contributed by atoms with Crippen LogP contribution in [0, 0.1) is 5.92 Å². The van der Waals surface area contributed by atoms with E-state index in [1.54, 1.807) is 0 Å². The quantitative estimate of drug-likeness (QED) is 0.132. The van der Waals surface area contributed by atoms with Crippen LogP contribution in [-0.4, -0.2) is 129 Å². The lowest BCUT2D eigenvalue weighted by molar-refractivity contribution is -0.240. The van der Waals surface area contributed by atoms with Gasteiger partial charge in [0.25, 0.3) is 0 Å². The zero-order valence-corrected chi connectivity index (χ0v) is 16.0. The van der Waals surface area contributed by atoms with E-state index in [2.05, 4.69) is 5.32 Å². The molecule has 1 fully saturated rings. The molecular weight excluding hydrogens is 378 g/mol. The van der Waals surface area contributed by atoms with Crippen molar-refractivity contribution in [2.45, 2.75) is 62.2 Å².